The molecule has 0 aliphatic rings. The molecule has 98 valence electrons. The van der Waals surface area contributed by atoms with Gasteiger partial charge in [0.05, 0.1) is 0 Å². The van der Waals surface area contributed by atoms with Gasteiger partial charge in [0.2, 0.25) is 0 Å². The minimum Gasteiger partial charge on any atom is -0.311 e. The molecule has 0 saturated carbocycles. The van der Waals surface area contributed by atoms with E-state index in [0.29, 0.717) is 10.2 Å². The largest absolute Gasteiger partial charge is 0.311 e. The van der Waals surface area contributed by atoms with Crippen LogP contribution in [0.25, 0.3) is 0 Å². The van der Waals surface area contributed by atoms with Gasteiger partial charge in [-0.15, -0.1) is 0 Å². The number of hydrogen-bond donors (Lipinski definition) is 0. The Kier molecular flexibility index (Phi) is 4.00. The van der Waals surface area contributed by atoms with Crippen molar-refractivity contribution in [1.29, 1.82) is 0 Å². The van der Waals surface area contributed by atoms with Crippen molar-refractivity contribution in [3.05, 3.63) is 57.8 Å². The van der Waals surface area contributed by atoms with Crippen LogP contribution in [0.2, 0.25) is 0 Å². The van der Waals surface area contributed by atoms with Crippen molar-refractivity contribution in [3.8, 4) is 0 Å². The van der Waals surface area contributed by atoms with Crippen molar-refractivity contribution in [3.63, 3.8) is 0 Å². The molecule has 2 aromatic rings. The fourth-order valence-corrected chi connectivity index (χ4v) is 2.36. The van der Waals surface area contributed by atoms with Crippen molar-refractivity contribution in [2.45, 2.75) is 13.8 Å². The third kappa shape index (κ3) is 3.20. The lowest BCUT2D eigenvalue weighted by Crippen LogP contribution is -2.26. The summed E-state index contributed by atoms with van der Waals surface area (Å²) in [6.07, 6.45) is 1.62. The maximum atomic E-state index is 12.4. The smallest absolute Gasteiger partial charge is 0.258 e. The van der Waals surface area contributed by atoms with Gasteiger partial charge in [-0.25, -0.2) is 4.98 Å². The molecule has 0 atom stereocenters. The van der Waals surface area contributed by atoms with E-state index in [0.717, 1.165) is 16.8 Å². The van der Waals surface area contributed by atoms with Gasteiger partial charge in [-0.3, -0.25) is 4.79 Å². The van der Waals surface area contributed by atoms with E-state index in [1.165, 1.54) is 0 Å². The Morgan fingerprint density at radius 1 is 1.16 bits per heavy atom. The van der Waals surface area contributed by atoms with Crippen LogP contribution in [0.15, 0.2) is 41.1 Å². The van der Waals surface area contributed by atoms with Gasteiger partial charge in [0.25, 0.3) is 5.91 Å². The van der Waals surface area contributed by atoms with Crippen LogP contribution in [0.4, 0.5) is 5.69 Å². The molecule has 0 fully saturated rings. The number of carbonyl (C=O) groups excluding carboxylic acids is 1. The molecule has 4 heteroatoms. The van der Waals surface area contributed by atoms with E-state index < -0.39 is 0 Å². The fourth-order valence-electron chi connectivity index (χ4n) is 1.99. The molecular formula is C15H15BrN2O. The van der Waals surface area contributed by atoms with Gasteiger partial charge in [-0.1, -0.05) is 6.07 Å². The molecule has 1 amide bonds. The van der Waals surface area contributed by atoms with Crippen molar-refractivity contribution >= 4 is 27.5 Å². The molecule has 1 aromatic heterocycles. The lowest BCUT2D eigenvalue weighted by molar-refractivity contribution is 0.0993. The maximum absolute atomic E-state index is 12.4. The van der Waals surface area contributed by atoms with Crippen LogP contribution in [0.5, 0.6) is 0 Å². The molecule has 1 aromatic carbocycles. The zero-order valence-electron chi connectivity index (χ0n) is 11.1. The minimum absolute atomic E-state index is 0.0481. The molecule has 0 aliphatic carbocycles. The Morgan fingerprint density at radius 2 is 1.79 bits per heavy atom. The van der Waals surface area contributed by atoms with Crippen molar-refractivity contribution in [1.82, 2.24) is 4.98 Å². The van der Waals surface area contributed by atoms with Gasteiger partial charge in [0.1, 0.15) is 4.60 Å². The zero-order valence-corrected chi connectivity index (χ0v) is 12.7. The van der Waals surface area contributed by atoms with Gasteiger partial charge in [0.15, 0.2) is 0 Å². The molecule has 0 unspecified atom stereocenters. The molecule has 0 bridgehead atoms. The zero-order chi connectivity index (χ0) is 14.0. The lowest BCUT2D eigenvalue weighted by atomic mass is 10.1. The van der Waals surface area contributed by atoms with Crippen molar-refractivity contribution in [2.24, 2.45) is 0 Å². The first-order chi connectivity index (χ1) is 8.97. The van der Waals surface area contributed by atoms with Crippen LogP contribution >= 0.6 is 15.9 Å². The summed E-state index contributed by atoms with van der Waals surface area (Å²) in [5.74, 6) is -0.0481. The van der Waals surface area contributed by atoms with Crippen LogP contribution in [0.3, 0.4) is 0 Å². The topological polar surface area (TPSA) is 33.2 Å². The Hall–Kier alpha value is -1.68. The molecule has 19 heavy (non-hydrogen) atoms. The normalized spacial score (nSPS) is 10.3. The molecular weight excluding hydrogens is 304 g/mol. The first-order valence-electron chi connectivity index (χ1n) is 5.95. The van der Waals surface area contributed by atoms with Gasteiger partial charge in [0, 0.05) is 24.5 Å². The third-order valence-corrected chi connectivity index (χ3v) is 3.31. The minimum atomic E-state index is -0.0481. The fraction of sp³-hybridized carbons (Fsp3) is 0.200. The number of aryl methyl sites for hydroxylation is 2. The average Bonchev–Trinajstić information content (AvgIpc) is 2.36. The first kappa shape index (κ1) is 13.7. The van der Waals surface area contributed by atoms with Crippen LogP contribution in [0, 0.1) is 13.8 Å². The van der Waals surface area contributed by atoms with E-state index in [1.54, 1.807) is 30.3 Å². The Labute approximate surface area is 121 Å². The van der Waals surface area contributed by atoms with Crippen LogP contribution in [-0.4, -0.2) is 17.9 Å². The van der Waals surface area contributed by atoms with Crippen molar-refractivity contribution < 1.29 is 4.79 Å². The highest BCUT2D eigenvalue weighted by Gasteiger charge is 2.14. The highest BCUT2D eigenvalue weighted by Crippen LogP contribution is 2.20. The standard InChI is InChI=1S/C15H15BrN2O/c1-10-6-11(2)8-13(7-10)18(3)15(19)12-4-5-17-14(16)9-12/h4-9H,1-3H3. The molecule has 0 N–H and O–H groups in total. The van der Waals surface area contributed by atoms with Gasteiger partial charge < -0.3 is 4.90 Å². The Morgan fingerprint density at radius 3 is 2.37 bits per heavy atom. The molecule has 0 saturated heterocycles. The van der Waals surface area contributed by atoms with E-state index in [-0.39, 0.29) is 5.91 Å². The molecule has 3 nitrogen and oxygen atoms in total. The second kappa shape index (κ2) is 5.53. The number of pyridine rings is 1. The summed E-state index contributed by atoms with van der Waals surface area (Å²) >= 11 is 3.28. The van der Waals surface area contributed by atoms with Crippen LogP contribution in [0.1, 0.15) is 21.5 Å². The number of benzene rings is 1. The van der Waals surface area contributed by atoms with Gasteiger partial charge >= 0.3 is 0 Å². The van der Waals surface area contributed by atoms with Crippen LogP contribution < -0.4 is 4.90 Å². The number of amides is 1. The Bertz CT molecular complexity index is 605. The number of anilines is 1. The lowest BCUT2D eigenvalue weighted by Gasteiger charge is -2.18. The molecule has 2 rings (SSSR count). The second-order valence-electron chi connectivity index (χ2n) is 4.58. The summed E-state index contributed by atoms with van der Waals surface area (Å²) < 4.78 is 0.659. The highest BCUT2D eigenvalue weighted by atomic mass is 79.9. The monoisotopic (exact) mass is 318 g/mol. The van der Waals surface area contributed by atoms with E-state index in [1.807, 2.05) is 26.0 Å². The number of carbonyl (C=O) groups is 1. The van der Waals surface area contributed by atoms with E-state index in [9.17, 15) is 4.79 Å². The SMILES string of the molecule is Cc1cc(C)cc(N(C)C(=O)c2ccnc(Br)c2)c1. The number of aromatic nitrogens is 1. The third-order valence-electron chi connectivity index (χ3n) is 2.87. The number of rotatable bonds is 2. The van der Waals surface area contributed by atoms with E-state index >= 15 is 0 Å². The van der Waals surface area contributed by atoms with E-state index in [4.69, 9.17) is 0 Å². The Balaban J connectivity index is 2.33. The highest BCUT2D eigenvalue weighted by molar-refractivity contribution is 9.10. The summed E-state index contributed by atoms with van der Waals surface area (Å²) in [7, 11) is 1.78. The van der Waals surface area contributed by atoms with Crippen LogP contribution in [-0.2, 0) is 0 Å². The summed E-state index contributed by atoms with van der Waals surface area (Å²) in [6.45, 7) is 4.05. The molecule has 1 heterocycles. The molecule has 0 radical (unpaired) electrons. The quantitative estimate of drug-likeness (QED) is 0.790. The van der Waals surface area contributed by atoms with Gasteiger partial charge in [-0.2, -0.15) is 0 Å². The number of hydrogen-bond acceptors (Lipinski definition) is 2. The van der Waals surface area contributed by atoms with Crippen molar-refractivity contribution in [2.75, 3.05) is 11.9 Å². The first-order valence-corrected chi connectivity index (χ1v) is 6.74. The maximum Gasteiger partial charge on any atom is 0.258 e. The average molecular weight is 319 g/mol. The summed E-state index contributed by atoms with van der Waals surface area (Å²) in [5.41, 5.74) is 3.80. The summed E-state index contributed by atoms with van der Waals surface area (Å²) in [6, 6.07) is 9.53. The number of halogens is 1. The predicted octanol–water partition coefficient (Wildman–Crippen LogP) is 3.74. The second-order valence-corrected chi connectivity index (χ2v) is 5.39. The molecule has 0 aliphatic heterocycles. The number of nitrogens with zero attached hydrogens (tertiary/aromatic N) is 2. The van der Waals surface area contributed by atoms with E-state index in [2.05, 4.69) is 27.0 Å². The summed E-state index contributed by atoms with van der Waals surface area (Å²) in [4.78, 5) is 18.1. The summed E-state index contributed by atoms with van der Waals surface area (Å²) in [5, 5.41) is 0. The predicted molar refractivity (Wildman–Crippen MR) is 80.6 cm³/mol. The van der Waals surface area contributed by atoms with Gasteiger partial charge in [-0.05, 0) is 65.2 Å². The molecule has 0 spiro atoms.